The third-order valence-electron chi connectivity index (χ3n) is 28.6. The zero-order chi connectivity index (χ0) is 93.6. The molecule has 24 aromatic rings. The number of fused-ring (bicyclic) bond motifs is 15. The van der Waals surface area contributed by atoms with Crippen LogP contribution in [-0.2, 0) is 16.2 Å². The Labute approximate surface area is 819 Å². The van der Waals surface area contributed by atoms with E-state index < -0.39 is 16.2 Å². The van der Waals surface area contributed by atoms with E-state index in [-0.39, 0.29) is 0 Å². The third-order valence-corrected chi connectivity index (χ3v) is 28.6. The molecule has 141 heavy (non-hydrogen) atoms. The molecule has 3 heterocycles. The number of aromatic nitrogens is 7. The van der Waals surface area contributed by atoms with Crippen LogP contribution in [0.2, 0.25) is 0 Å². The fourth-order valence-corrected chi connectivity index (χ4v) is 22.3. The van der Waals surface area contributed by atoms with Crippen molar-refractivity contribution < 1.29 is 0 Å². The van der Waals surface area contributed by atoms with Gasteiger partial charge in [0.15, 0.2) is 29.1 Å². The zero-order valence-electron chi connectivity index (χ0n) is 77.0. The maximum atomic E-state index is 5.10. The Morgan fingerprint density at radius 1 is 0.128 bits per heavy atom. The summed E-state index contributed by atoms with van der Waals surface area (Å²) in [5.74, 6) is 3.40. The minimum atomic E-state index is -0.487. The average Bonchev–Trinajstić information content (AvgIpc) is 1.54. The lowest BCUT2D eigenvalue weighted by atomic mass is 9.67. The first kappa shape index (κ1) is 84.3. The molecule has 0 amide bonds. The average molecular weight is 1800 g/mol. The molecule has 660 valence electrons. The van der Waals surface area contributed by atoms with Crippen LogP contribution in [-0.4, -0.2) is 34.9 Å². The van der Waals surface area contributed by atoms with Gasteiger partial charge in [0.1, 0.15) is 0 Å². The first-order chi connectivity index (χ1) is 69.9. The van der Waals surface area contributed by atoms with E-state index in [0.717, 1.165) is 78.7 Å². The van der Waals surface area contributed by atoms with Gasteiger partial charge in [0.2, 0.25) is 0 Å². The van der Waals surface area contributed by atoms with Crippen LogP contribution in [0.25, 0.3) is 168 Å². The van der Waals surface area contributed by atoms with Gasteiger partial charge in [-0.05, 0) is 145 Å². The monoisotopic (exact) mass is 1800 g/mol. The maximum Gasteiger partial charge on any atom is 0.164 e. The lowest BCUT2D eigenvalue weighted by Crippen LogP contribution is -2.28. The summed E-state index contributed by atoms with van der Waals surface area (Å²) >= 11 is 0. The second-order valence-corrected chi connectivity index (χ2v) is 36.3. The standard InChI is InChI=1S/2C45H30N2.C44H29N3/c1-4-15-32(16-5-1)41-30-42(47-44(46-41)34-17-6-2-7-18-34)33-24-27-36(28-25-33)45(35-19-8-3-9-20-35)39-23-13-12-22-38(39)43-37-21-11-10-14-31(37)26-29-40(43)45;1-4-15-32(16-5-1)41-30-42(33-17-6-2-7-18-33)47-44(46-41)34-24-27-36(28-25-34)45(35-19-8-3-9-20-35)39-23-13-12-22-38(39)43-37-21-11-10-14-31(37)26-29-40(43)45;1-4-15-31(16-5-1)41-45-42(32-17-6-2-7-18-32)47-43(46-41)33-24-27-35(28-25-33)44(34-19-8-3-9-20-34)38-23-13-12-22-37(38)40-36-21-11-10-14-30(36)26-29-39(40)44/h2*1-30H;1-29H. The molecule has 21 aromatic carbocycles. The quantitative estimate of drug-likeness (QED) is 0.101. The van der Waals surface area contributed by atoms with Gasteiger partial charge in [-0.15, -0.1) is 0 Å². The first-order valence-electron chi connectivity index (χ1n) is 48.1. The molecule has 7 heteroatoms. The van der Waals surface area contributed by atoms with E-state index in [1.807, 2.05) is 97.1 Å². The lowest BCUT2D eigenvalue weighted by Gasteiger charge is -2.34. The molecule has 0 N–H and O–H groups in total. The van der Waals surface area contributed by atoms with E-state index in [1.54, 1.807) is 0 Å². The van der Waals surface area contributed by atoms with Crippen molar-refractivity contribution in [2.24, 2.45) is 0 Å². The fourth-order valence-electron chi connectivity index (χ4n) is 22.3. The Bertz CT molecular complexity index is 7790. The molecule has 27 rings (SSSR count). The second kappa shape index (κ2) is 36.0. The molecule has 3 aliphatic rings. The van der Waals surface area contributed by atoms with Crippen LogP contribution in [0.1, 0.15) is 66.8 Å². The van der Waals surface area contributed by atoms with Crippen molar-refractivity contribution in [2.75, 3.05) is 0 Å². The van der Waals surface area contributed by atoms with E-state index >= 15 is 0 Å². The Kier molecular flexibility index (Phi) is 21.5. The van der Waals surface area contributed by atoms with E-state index in [9.17, 15) is 0 Å². The van der Waals surface area contributed by atoms with E-state index in [4.69, 9.17) is 34.9 Å². The topological polar surface area (TPSA) is 90.2 Å². The van der Waals surface area contributed by atoms with Crippen LogP contribution in [0, 0.1) is 0 Å². The second-order valence-electron chi connectivity index (χ2n) is 36.3. The number of rotatable bonds is 15. The molecule has 3 unspecified atom stereocenters. The van der Waals surface area contributed by atoms with Gasteiger partial charge in [-0.2, -0.15) is 0 Å². The van der Waals surface area contributed by atoms with Crippen LogP contribution in [0.15, 0.2) is 540 Å². The smallest absolute Gasteiger partial charge is 0.164 e. The van der Waals surface area contributed by atoms with Crippen molar-refractivity contribution in [2.45, 2.75) is 16.2 Å². The van der Waals surface area contributed by atoms with Gasteiger partial charge in [0.05, 0.1) is 39.0 Å². The van der Waals surface area contributed by atoms with Crippen molar-refractivity contribution in [1.29, 1.82) is 0 Å². The summed E-state index contributed by atoms with van der Waals surface area (Å²) in [5.41, 5.74) is 34.4. The van der Waals surface area contributed by atoms with Gasteiger partial charge in [-0.3, -0.25) is 0 Å². The van der Waals surface area contributed by atoms with Crippen molar-refractivity contribution in [3.05, 3.63) is 607 Å². The van der Waals surface area contributed by atoms with Crippen molar-refractivity contribution in [1.82, 2.24) is 34.9 Å². The molecule has 0 aliphatic heterocycles. The highest BCUT2D eigenvalue weighted by Gasteiger charge is 2.50. The number of nitrogens with zero attached hydrogens (tertiary/aromatic N) is 7. The van der Waals surface area contributed by atoms with Crippen LogP contribution < -0.4 is 0 Å². The van der Waals surface area contributed by atoms with E-state index in [1.165, 1.54) is 132 Å². The molecule has 3 atom stereocenters. The maximum absolute atomic E-state index is 5.10. The fraction of sp³-hybridized carbons (Fsp3) is 0.0224. The van der Waals surface area contributed by atoms with Gasteiger partial charge < -0.3 is 0 Å². The molecule has 0 saturated carbocycles. The predicted molar refractivity (Wildman–Crippen MR) is 577 cm³/mol. The Hall–Kier alpha value is -18.4. The summed E-state index contributed by atoms with van der Waals surface area (Å²) in [6, 6.07) is 192. The minimum absolute atomic E-state index is 0.466. The molecule has 0 spiro atoms. The van der Waals surface area contributed by atoms with Gasteiger partial charge in [0.25, 0.3) is 0 Å². The van der Waals surface area contributed by atoms with E-state index in [0.29, 0.717) is 23.3 Å². The van der Waals surface area contributed by atoms with Crippen LogP contribution in [0.5, 0.6) is 0 Å². The van der Waals surface area contributed by atoms with Gasteiger partial charge in [-0.1, -0.05) is 528 Å². The summed E-state index contributed by atoms with van der Waals surface area (Å²) in [4.78, 5) is 35.1. The van der Waals surface area contributed by atoms with Gasteiger partial charge in [-0.25, -0.2) is 34.9 Å². The highest BCUT2D eigenvalue weighted by Crippen LogP contribution is 2.62. The molecule has 0 radical (unpaired) electrons. The summed E-state index contributed by atoms with van der Waals surface area (Å²) in [7, 11) is 0. The van der Waals surface area contributed by atoms with Crippen molar-refractivity contribution in [3.63, 3.8) is 0 Å². The molecular formula is C134H89N7. The summed E-state index contributed by atoms with van der Waals surface area (Å²) < 4.78 is 0. The summed E-state index contributed by atoms with van der Waals surface area (Å²) in [5, 5.41) is 7.61. The van der Waals surface area contributed by atoms with Gasteiger partial charge in [0, 0.05) is 50.1 Å². The number of benzene rings is 21. The largest absolute Gasteiger partial charge is 0.228 e. The Morgan fingerprint density at radius 3 is 0.589 bits per heavy atom. The SMILES string of the molecule is c1ccc(-c2cc(-c3ccc(C4(c5ccccc5)c5ccccc5-c5c4ccc4ccccc54)cc3)nc(-c3ccccc3)n2)cc1.c1ccc(-c2cc(-c3ccccc3)nc(-c3ccc(C4(c5ccccc5)c5ccccc5-c5c4ccc4ccccc54)cc3)n2)cc1.c1ccc(-c2nc(-c3ccccc3)nc(-c3ccc(C4(c5ccccc5)c5ccccc5-c5c4ccc4ccccc54)cc3)n2)cc1. The summed E-state index contributed by atoms with van der Waals surface area (Å²) in [6.45, 7) is 0. The van der Waals surface area contributed by atoms with Crippen molar-refractivity contribution in [3.8, 4) is 135 Å². The Balaban J connectivity index is 0.000000111. The lowest BCUT2D eigenvalue weighted by molar-refractivity contribution is 0.769. The van der Waals surface area contributed by atoms with Gasteiger partial charge >= 0.3 is 0 Å². The molecule has 0 bridgehead atoms. The van der Waals surface area contributed by atoms with Crippen molar-refractivity contribution >= 4 is 32.3 Å². The Morgan fingerprint density at radius 2 is 0.319 bits per heavy atom. The van der Waals surface area contributed by atoms with Crippen LogP contribution in [0.4, 0.5) is 0 Å². The predicted octanol–water partition coefficient (Wildman–Crippen LogP) is 32.4. The normalized spacial score (nSPS) is 14.9. The van der Waals surface area contributed by atoms with Crippen LogP contribution in [0.3, 0.4) is 0 Å². The van der Waals surface area contributed by atoms with Crippen LogP contribution >= 0.6 is 0 Å². The first-order valence-corrected chi connectivity index (χ1v) is 48.1. The molecule has 0 fully saturated rings. The molecule has 3 aromatic heterocycles. The highest BCUT2D eigenvalue weighted by molar-refractivity contribution is 6.07. The highest BCUT2D eigenvalue weighted by atomic mass is 15.0. The zero-order valence-corrected chi connectivity index (χ0v) is 77.0. The van der Waals surface area contributed by atoms with E-state index in [2.05, 4.69) is 443 Å². The molecule has 7 nitrogen and oxygen atoms in total. The molecular weight excluding hydrogens is 1710 g/mol. The molecule has 3 aliphatic carbocycles. The third kappa shape index (κ3) is 14.6. The molecule has 0 saturated heterocycles. The number of hydrogen-bond acceptors (Lipinski definition) is 7. The minimum Gasteiger partial charge on any atom is -0.228 e. The number of hydrogen-bond donors (Lipinski definition) is 0. The summed E-state index contributed by atoms with van der Waals surface area (Å²) in [6.07, 6.45) is 0.